The van der Waals surface area contributed by atoms with Gasteiger partial charge in [0, 0.05) is 0 Å². The maximum Gasteiger partial charge on any atom is 0.435 e. The summed E-state index contributed by atoms with van der Waals surface area (Å²) in [6, 6.07) is 0. The molecule has 1 heterocycles. The molecule has 0 radical (unpaired) electrons. The largest absolute Gasteiger partial charge is 0.435 e. The van der Waals surface area contributed by atoms with Crippen molar-refractivity contribution in [2.24, 2.45) is 0 Å². The first-order valence-corrected chi connectivity index (χ1v) is 8.95. The molecule has 16 heavy (non-hydrogen) atoms. The zero-order valence-corrected chi connectivity index (χ0v) is 11.0. The number of hydrogen-bond donors (Lipinski definition) is 4. The average molecular weight is 275 g/mol. The Hall–Kier alpha value is 0.260. The van der Waals surface area contributed by atoms with E-state index in [2.05, 4.69) is 11.8 Å². The summed E-state index contributed by atoms with van der Waals surface area (Å²) < 4.78 is 19.2. The predicted octanol–water partition coefficient (Wildman–Crippen LogP) is 0.749. The molecule has 1 fully saturated rings. The van der Waals surface area contributed by atoms with Crippen molar-refractivity contribution in [2.75, 3.05) is 19.6 Å². The van der Waals surface area contributed by atoms with Gasteiger partial charge in [-0.25, -0.2) is 9.13 Å². The van der Waals surface area contributed by atoms with Crippen LogP contribution in [0.3, 0.4) is 0 Å². The van der Waals surface area contributed by atoms with Gasteiger partial charge in [-0.2, -0.15) is 0 Å². The quantitative estimate of drug-likeness (QED) is 0.549. The minimum atomic E-state index is -5.18. The highest BCUT2D eigenvalue weighted by Gasteiger charge is 2.37. The fraction of sp³-hybridized carbons (Fsp3) is 1.00. The Kier molecular flexibility index (Phi) is 6.98. The molecule has 1 aliphatic rings. The summed E-state index contributed by atoms with van der Waals surface area (Å²) in [5.41, 5.74) is 0. The molecule has 9 heteroatoms. The van der Waals surface area contributed by atoms with E-state index in [0.29, 0.717) is 0 Å². The van der Waals surface area contributed by atoms with E-state index < -0.39 is 14.6 Å². The van der Waals surface area contributed by atoms with Crippen LogP contribution in [0.4, 0.5) is 0 Å². The van der Waals surface area contributed by atoms with E-state index in [1.54, 1.807) is 0 Å². The highest BCUT2D eigenvalue weighted by atomic mass is 32.1. The van der Waals surface area contributed by atoms with Crippen LogP contribution in [0.5, 0.6) is 0 Å². The van der Waals surface area contributed by atoms with Gasteiger partial charge >= 0.3 is 14.6 Å². The number of likely N-dealkylation sites (tertiary alicyclic amines) is 1. The van der Waals surface area contributed by atoms with Crippen molar-refractivity contribution in [1.82, 2.24) is 4.90 Å². The van der Waals surface area contributed by atoms with Crippen molar-refractivity contribution in [1.29, 1.82) is 0 Å². The lowest BCUT2D eigenvalue weighted by Gasteiger charge is -2.24. The molecule has 0 aromatic heterocycles. The number of piperidine rings is 1. The zero-order valence-electron chi connectivity index (χ0n) is 9.19. The second-order valence-corrected chi connectivity index (χ2v) is 8.70. The van der Waals surface area contributed by atoms with E-state index in [9.17, 15) is 9.13 Å². The molecular weight excluding hydrogens is 256 g/mol. The van der Waals surface area contributed by atoms with E-state index in [4.69, 9.17) is 19.6 Å². The molecule has 7 nitrogen and oxygen atoms in total. The molecule has 0 aromatic carbocycles. The molecule has 0 atom stereocenters. The second-order valence-electron chi connectivity index (χ2n) is 3.52. The third-order valence-corrected chi connectivity index (χ3v) is 4.95. The van der Waals surface area contributed by atoms with Crippen molar-refractivity contribution >= 4 is 14.6 Å². The fourth-order valence-electron chi connectivity index (χ4n) is 1.28. The topological polar surface area (TPSA) is 118 Å². The first-order valence-electron chi connectivity index (χ1n) is 5.02. The van der Waals surface area contributed by atoms with Crippen LogP contribution >= 0.6 is 14.6 Å². The van der Waals surface area contributed by atoms with Crippen molar-refractivity contribution in [3.8, 4) is 0 Å². The Labute approximate surface area is 94.7 Å². The molecule has 98 valence electrons. The molecule has 1 saturated heterocycles. The molecule has 0 aliphatic carbocycles. The van der Waals surface area contributed by atoms with E-state index in [-0.39, 0.29) is 0 Å². The highest BCUT2D eigenvalue weighted by Crippen LogP contribution is 2.71. The molecule has 1 aliphatic heterocycles. The molecule has 0 saturated carbocycles. The van der Waals surface area contributed by atoms with Gasteiger partial charge < -0.3 is 24.5 Å². The van der Waals surface area contributed by atoms with Gasteiger partial charge in [0.25, 0.3) is 0 Å². The van der Waals surface area contributed by atoms with Gasteiger partial charge in [0.15, 0.2) is 0 Å². The lowest BCUT2D eigenvalue weighted by molar-refractivity contribution is 0.240. The maximum atomic E-state index is 9.58. The van der Waals surface area contributed by atoms with Crippen LogP contribution in [0.25, 0.3) is 0 Å². The first kappa shape index (κ1) is 16.3. The predicted molar refractivity (Wildman–Crippen MR) is 60.1 cm³/mol. The Balaban J connectivity index is 0.000000281. The van der Waals surface area contributed by atoms with Crippen LogP contribution < -0.4 is 0 Å². The van der Waals surface area contributed by atoms with Gasteiger partial charge in [-0.05, 0) is 32.5 Å². The molecule has 0 unspecified atom stereocenters. The Morgan fingerprint density at radius 2 is 1.31 bits per heavy atom. The van der Waals surface area contributed by atoms with E-state index in [1.165, 1.54) is 38.9 Å². The van der Waals surface area contributed by atoms with E-state index in [0.717, 1.165) is 0 Å². The van der Waals surface area contributed by atoms with Crippen LogP contribution in [-0.2, 0) is 9.13 Å². The summed E-state index contributed by atoms with van der Waals surface area (Å²) in [5, 5.41) is 0. The number of hydrogen-bond acceptors (Lipinski definition) is 3. The Bertz CT molecular complexity index is 259. The van der Waals surface area contributed by atoms with Crippen LogP contribution in [0.15, 0.2) is 0 Å². The molecule has 0 bridgehead atoms. The molecule has 1 rings (SSSR count). The van der Waals surface area contributed by atoms with Crippen LogP contribution in [-0.4, -0.2) is 44.1 Å². The zero-order chi connectivity index (χ0) is 12.8. The van der Waals surface area contributed by atoms with Gasteiger partial charge in [-0.15, -0.1) is 0 Å². The summed E-state index contributed by atoms with van der Waals surface area (Å²) >= 11 is 0. The highest BCUT2D eigenvalue weighted by molar-refractivity contribution is 8.26. The summed E-state index contributed by atoms with van der Waals surface area (Å²) in [6.45, 7) is 6.18. The van der Waals surface area contributed by atoms with Crippen molar-refractivity contribution in [3.63, 3.8) is 0 Å². The minimum Gasteiger partial charge on any atom is -0.316 e. The Morgan fingerprint density at radius 3 is 1.50 bits per heavy atom. The van der Waals surface area contributed by atoms with Gasteiger partial charge in [0.05, 0.1) is 0 Å². The fourth-order valence-corrected chi connectivity index (χ4v) is 1.28. The number of rotatable bonds is 2. The van der Waals surface area contributed by atoms with Gasteiger partial charge in [-0.3, -0.25) is 0 Å². The molecular formula is C7H19NO6P2. The molecule has 0 amide bonds. The van der Waals surface area contributed by atoms with Crippen molar-refractivity contribution in [3.05, 3.63) is 0 Å². The standard InChI is InChI=1S/C7H15N.H4O6P2/c1-2-8-6-4-3-5-7-8;1-7(2,3)8(4,5)6/h2-7H2,1H3;(H2,1,2,3)(H2,4,5,6). The Morgan fingerprint density at radius 1 is 0.938 bits per heavy atom. The monoisotopic (exact) mass is 275 g/mol. The van der Waals surface area contributed by atoms with Crippen LogP contribution in [0.1, 0.15) is 26.2 Å². The van der Waals surface area contributed by atoms with Crippen LogP contribution in [0, 0.1) is 0 Å². The average Bonchev–Trinajstić information content (AvgIpc) is 2.17. The summed E-state index contributed by atoms with van der Waals surface area (Å²) in [4.78, 5) is 33.3. The third kappa shape index (κ3) is 6.76. The molecule has 0 aromatic rings. The van der Waals surface area contributed by atoms with E-state index in [1.807, 2.05) is 0 Å². The summed E-state index contributed by atoms with van der Waals surface area (Å²) in [7, 11) is -10.4. The van der Waals surface area contributed by atoms with Crippen LogP contribution in [0.2, 0.25) is 0 Å². The lowest BCUT2D eigenvalue weighted by Crippen LogP contribution is -2.29. The van der Waals surface area contributed by atoms with Gasteiger partial charge in [0.1, 0.15) is 0 Å². The van der Waals surface area contributed by atoms with Gasteiger partial charge in [0.2, 0.25) is 0 Å². The minimum absolute atomic E-state index is 1.25. The number of nitrogens with zero attached hydrogens (tertiary/aromatic N) is 1. The first-order chi connectivity index (χ1) is 7.18. The summed E-state index contributed by atoms with van der Waals surface area (Å²) in [5.74, 6) is 0. The second kappa shape index (κ2) is 6.87. The lowest BCUT2D eigenvalue weighted by atomic mass is 10.1. The van der Waals surface area contributed by atoms with Crippen molar-refractivity contribution in [2.45, 2.75) is 26.2 Å². The normalized spacial score (nSPS) is 18.8. The van der Waals surface area contributed by atoms with Gasteiger partial charge in [-0.1, -0.05) is 13.3 Å². The van der Waals surface area contributed by atoms with Crippen molar-refractivity contribution < 1.29 is 28.7 Å². The van der Waals surface area contributed by atoms with E-state index >= 15 is 0 Å². The molecule has 4 N–H and O–H groups in total. The third-order valence-electron chi connectivity index (χ3n) is 2.24. The maximum absolute atomic E-state index is 9.58. The summed E-state index contributed by atoms with van der Waals surface area (Å²) in [6.07, 6.45) is 4.30. The molecule has 0 spiro atoms. The SMILES string of the molecule is CCN1CCCCC1.O=P(O)(O)P(=O)(O)O. The smallest absolute Gasteiger partial charge is 0.316 e.